The van der Waals surface area contributed by atoms with E-state index in [2.05, 4.69) is 0 Å². The van der Waals surface area contributed by atoms with Gasteiger partial charge in [0.25, 0.3) is 0 Å². The zero-order valence-electron chi connectivity index (χ0n) is 14.6. The van der Waals surface area contributed by atoms with Gasteiger partial charge in [-0.25, -0.2) is 22.4 Å². The highest BCUT2D eigenvalue weighted by molar-refractivity contribution is 5.92. The van der Waals surface area contributed by atoms with Crippen molar-refractivity contribution in [3.8, 4) is 11.8 Å². The molecule has 0 unspecified atom stereocenters. The zero-order chi connectivity index (χ0) is 21.0. The monoisotopic (exact) mass is 397 g/mol. The first-order chi connectivity index (χ1) is 13.9. The molecule has 3 nitrogen and oxygen atoms in total. The molecule has 3 aromatic carbocycles. The van der Waals surface area contributed by atoms with Gasteiger partial charge >= 0.3 is 5.97 Å². The third kappa shape index (κ3) is 4.33. The molecule has 0 heterocycles. The number of hydrogen-bond donors (Lipinski definition) is 0. The maximum atomic E-state index is 13.9. The lowest BCUT2D eigenvalue weighted by molar-refractivity contribution is 0.0728. The molecule has 0 fully saturated rings. The van der Waals surface area contributed by atoms with Gasteiger partial charge in [0.15, 0.2) is 17.5 Å². The second kappa shape index (κ2) is 8.40. The van der Waals surface area contributed by atoms with Crippen LogP contribution in [0.3, 0.4) is 0 Å². The fraction of sp³-hybridized carbons (Fsp3) is 0. The number of allylic oxidation sites excluding steroid dienone is 1. The van der Waals surface area contributed by atoms with Crippen LogP contribution in [0.1, 0.15) is 21.5 Å². The molecule has 0 bridgehead atoms. The number of ether oxygens (including phenoxy) is 1. The van der Waals surface area contributed by atoms with Gasteiger partial charge in [0.2, 0.25) is 0 Å². The summed E-state index contributed by atoms with van der Waals surface area (Å²) in [5.41, 5.74) is -0.228. The van der Waals surface area contributed by atoms with Gasteiger partial charge in [-0.2, -0.15) is 5.26 Å². The van der Waals surface area contributed by atoms with Crippen molar-refractivity contribution >= 4 is 17.6 Å². The van der Waals surface area contributed by atoms with Crippen LogP contribution in [0.15, 0.2) is 60.7 Å². The lowest BCUT2D eigenvalue weighted by atomic mass is 10.0. The van der Waals surface area contributed by atoms with Crippen LogP contribution >= 0.6 is 0 Å². The Hall–Kier alpha value is -3.92. The number of hydrogen-bond acceptors (Lipinski definition) is 3. The summed E-state index contributed by atoms with van der Waals surface area (Å²) in [6, 6.07) is 14.8. The Morgan fingerprint density at radius 2 is 1.62 bits per heavy atom. The van der Waals surface area contributed by atoms with E-state index in [-0.39, 0.29) is 16.9 Å². The Balaban J connectivity index is 1.88. The minimum atomic E-state index is -1.78. The highest BCUT2D eigenvalue weighted by Crippen LogP contribution is 2.23. The average molecular weight is 397 g/mol. The minimum absolute atomic E-state index is 0.0290. The number of carbonyl (C=O) groups is 1. The Labute approximate surface area is 163 Å². The van der Waals surface area contributed by atoms with Crippen molar-refractivity contribution in [3.63, 3.8) is 0 Å². The van der Waals surface area contributed by atoms with E-state index >= 15 is 0 Å². The Morgan fingerprint density at radius 3 is 2.34 bits per heavy atom. The molecule has 0 aliphatic carbocycles. The van der Waals surface area contributed by atoms with Crippen molar-refractivity contribution in [2.24, 2.45) is 0 Å². The Morgan fingerprint density at radius 1 is 0.862 bits per heavy atom. The predicted molar refractivity (Wildman–Crippen MR) is 97.6 cm³/mol. The topological polar surface area (TPSA) is 50.1 Å². The van der Waals surface area contributed by atoms with E-state index in [9.17, 15) is 27.6 Å². The first-order valence-corrected chi connectivity index (χ1v) is 8.23. The van der Waals surface area contributed by atoms with Crippen LogP contribution in [-0.2, 0) is 0 Å². The molecule has 0 radical (unpaired) electrons. The van der Waals surface area contributed by atoms with Gasteiger partial charge in [0, 0.05) is 5.56 Å². The van der Waals surface area contributed by atoms with Crippen LogP contribution < -0.4 is 4.74 Å². The summed E-state index contributed by atoms with van der Waals surface area (Å²) >= 11 is 0. The van der Waals surface area contributed by atoms with Gasteiger partial charge in [0.05, 0.1) is 17.2 Å². The predicted octanol–water partition coefficient (Wildman–Crippen LogP) is 5.53. The second-order valence-corrected chi connectivity index (χ2v) is 5.83. The van der Waals surface area contributed by atoms with E-state index in [1.54, 1.807) is 12.1 Å². The molecular weight excluding hydrogens is 386 g/mol. The third-order valence-electron chi connectivity index (χ3n) is 3.92. The number of esters is 1. The third-order valence-corrected chi connectivity index (χ3v) is 3.92. The largest absolute Gasteiger partial charge is 0.423 e. The van der Waals surface area contributed by atoms with Crippen molar-refractivity contribution in [2.75, 3.05) is 0 Å². The van der Waals surface area contributed by atoms with Gasteiger partial charge in [-0.3, -0.25) is 0 Å². The Kier molecular flexibility index (Phi) is 5.74. The fourth-order valence-electron chi connectivity index (χ4n) is 2.53. The minimum Gasteiger partial charge on any atom is -0.423 e. The summed E-state index contributed by atoms with van der Waals surface area (Å²) < 4.78 is 59.0. The molecule has 0 saturated carbocycles. The molecule has 3 rings (SSSR count). The lowest BCUT2D eigenvalue weighted by Gasteiger charge is -2.07. The SMILES string of the molecule is N#C/C(=C/c1cccc(OC(=O)c2ccc(F)c(F)c2F)c1)c1ccccc1F. The first-order valence-electron chi connectivity index (χ1n) is 8.23. The van der Waals surface area contributed by atoms with Crippen LogP contribution in [0.5, 0.6) is 5.75 Å². The summed E-state index contributed by atoms with van der Waals surface area (Å²) in [7, 11) is 0. The summed E-state index contributed by atoms with van der Waals surface area (Å²) in [5, 5.41) is 9.33. The number of benzene rings is 3. The van der Waals surface area contributed by atoms with Crippen molar-refractivity contribution in [1.82, 2.24) is 0 Å². The Bertz CT molecular complexity index is 1170. The molecular formula is C22H11F4NO2. The molecule has 29 heavy (non-hydrogen) atoms. The molecule has 0 saturated heterocycles. The molecule has 0 aliphatic heterocycles. The number of carbonyl (C=O) groups excluding carboxylic acids is 1. The summed E-state index contributed by atoms with van der Waals surface area (Å²) in [5.74, 6) is -6.69. The van der Waals surface area contributed by atoms with E-state index in [4.69, 9.17) is 4.74 Å². The first kappa shape index (κ1) is 19.8. The number of halogens is 4. The molecule has 0 N–H and O–H groups in total. The van der Waals surface area contributed by atoms with Gasteiger partial charge in [0.1, 0.15) is 11.6 Å². The molecule has 0 atom stereocenters. The van der Waals surface area contributed by atoms with Crippen LogP contribution in [0, 0.1) is 34.6 Å². The maximum absolute atomic E-state index is 13.9. The van der Waals surface area contributed by atoms with Crippen molar-refractivity contribution < 1.29 is 27.1 Å². The van der Waals surface area contributed by atoms with Crippen molar-refractivity contribution in [2.45, 2.75) is 0 Å². The summed E-state index contributed by atoms with van der Waals surface area (Å²) in [4.78, 5) is 12.1. The van der Waals surface area contributed by atoms with Gasteiger partial charge in [-0.15, -0.1) is 0 Å². The van der Waals surface area contributed by atoms with E-state index in [1.807, 2.05) is 6.07 Å². The summed E-state index contributed by atoms with van der Waals surface area (Å²) in [6.07, 6.45) is 1.38. The highest BCUT2D eigenvalue weighted by Gasteiger charge is 2.20. The number of nitrogens with zero attached hydrogens (tertiary/aromatic N) is 1. The van der Waals surface area contributed by atoms with Gasteiger partial charge in [-0.05, 0) is 42.0 Å². The van der Waals surface area contributed by atoms with Crippen LogP contribution in [0.25, 0.3) is 11.6 Å². The molecule has 0 aromatic heterocycles. The molecule has 3 aromatic rings. The van der Waals surface area contributed by atoms with Crippen molar-refractivity contribution in [1.29, 1.82) is 5.26 Å². The number of rotatable bonds is 4. The van der Waals surface area contributed by atoms with E-state index in [1.165, 1.54) is 42.5 Å². The molecule has 0 aliphatic rings. The van der Waals surface area contributed by atoms with Crippen LogP contribution in [-0.4, -0.2) is 5.97 Å². The smallest absolute Gasteiger partial charge is 0.346 e. The fourth-order valence-corrected chi connectivity index (χ4v) is 2.53. The second-order valence-electron chi connectivity index (χ2n) is 5.83. The van der Waals surface area contributed by atoms with E-state index in [0.29, 0.717) is 11.6 Å². The zero-order valence-corrected chi connectivity index (χ0v) is 14.6. The number of nitriles is 1. The molecule has 7 heteroatoms. The lowest BCUT2D eigenvalue weighted by Crippen LogP contribution is -2.12. The maximum Gasteiger partial charge on any atom is 0.346 e. The average Bonchev–Trinajstić information content (AvgIpc) is 2.71. The van der Waals surface area contributed by atoms with E-state index < -0.39 is 34.8 Å². The van der Waals surface area contributed by atoms with Crippen LogP contribution in [0.4, 0.5) is 17.6 Å². The quantitative estimate of drug-likeness (QED) is 0.145. The van der Waals surface area contributed by atoms with Crippen molar-refractivity contribution in [3.05, 3.63) is 101 Å². The standard InChI is InChI=1S/C22H11F4NO2/c23-18-7-2-1-6-16(18)14(12-27)10-13-4-3-5-15(11-13)29-22(28)17-8-9-19(24)21(26)20(17)25/h1-11H/b14-10-. The van der Waals surface area contributed by atoms with Gasteiger partial charge < -0.3 is 4.74 Å². The van der Waals surface area contributed by atoms with E-state index in [0.717, 1.165) is 6.07 Å². The van der Waals surface area contributed by atoms with Crippen LogP contribution in [0.2, 0.25) is 0 Å². The molecule has 144 valence electrons. The van der Waals surface area contributed by atoms with Gasteiger partial charge in [-0.1, -0.05) is 30.3 Å². The highest BCUT2D eigenvalue weighted by atomic mass is 19.2. The molecule has 0 spiro atoms. The summed E-state index contributed by atoms with van der Waals surface area (Å²) in [6.45, 7) is 0. The molecule has 0 amide bonds. The normalized spacial score (nSPS) is 11.1.